The summed E-state index contributed by atoms with van der Waals surface area (Å²) >= 11 is 0. The molecule has 0 atom stereocenters. The molecule has 2 aromatic rings. The van der Waals surface area contributed by atoms with Crippen molar-refractivity contribution in [3.63, 3.8) is 0 Å². The molecule has 7 heteroatoms. The number of rotatable bonds is 4. The fourth-order valence-electron chi connectivity index (χ4n) is 2.61. The first-order chi connectivity index (χ1) is 10.4. The van der Waals surface area contributed by atoms with E-state index in [0.717, 1.165) is 50.3 Å². The first-order valence-corrected chi connectivity index (χ1v) is 7.46. The highest BCUT2D eigenvalue weighted by Gasteiger charge is 2.29. The van der Waals surface area contributed by atoms with E-state index >= 15 is 0 Å². The van der Waals surface area contributed by atoms with Gasteiger partial charge >= 0.3 is 0 Å². The topological polar surface area (TPSA) is 71.2 Å². The van der Waals surface area contributed by atoms with E-state index in [9.17, 15) is 0 Å². The second-order valence-electron chi connectivity index (χ2n) is 5.65. The summed E-state index contributed by atoms with van der Waals surface area (Å²) in [7, 11) is 0. The van der Waals surface area contributed by atoms with E-state index < -0.39 is 0 Å². The van der Waals surface area contributed by atoms with Gasteiger partial charge in [0.1, 0.15) is 0 Å². The van der Waals surface area contributed by atoms with Crippen LogP contribution in [0.3, 0.4) is 0 Å². The van der Waals surface area contributed by atoms with Gasteiger partial charge in [0.25, 0.3) is 0 Å². The molecule has 3 heterocycles. The Hall–Kier alpha value is -2.02. The third-order valence-electron chi connectivity index (χ3n) is 4.02. The molecule has 110 valence electrons. The molecule has 0 unspecified atom stereocenters. The van der Waals surface area contributed by atoms with Crippen LogP contribution in [0.2, 0.25) is 0 Å². The highest BCUT2D eigenvalue weighted by molar-refractivity contribution is 5.36. The smallest absolute Gasteiger partial charge is 0.230 e. The first kappa shape index (κ1) is 12.7. The van der Waals surface area contributed by atoms with Gasteiger partial charge in [-0.25, -0.2) is 0 Å². The van der Waals surface area contributed by atoms with Crippen LogP contribution in [0.15, 0.2) is 22.7 Å². The van der Waals surface area contributed by atoms with Crippen molar-refractivity contribution in [3.8, 4) is 0 Å². The van der Waals surface area contributed by atoms with Crippen LogP contribution in [0.5, 0.6) is 0 Å². The molecule has 0 N–H and O–H groups in total. The van der Waals surface area contributed by atoms with Crippen LogP contribution in [-0.4, -0.2) is 51.5 Å². The summed E-state index contributed by atoms with van der Waals surface area (Å²) in [4.78, 5) is 4.60. The van der Waals surface area contributed by atoms with Crippen LogP contribution in [0.4, 0.5) is 5.82 Å². The maximum Gasteiger partial charge on any atom is 0.230 e. The molecule has 4 rings (SSSR count). The molecule has 2 aromatic heterocycles. The van der Waals surface area contributed by atoms with Gasteiger partial charge in [-0.05, 0) is 25.0 Å². The third-order valence-corrected chi connectivity index (χ3v) is 4.02. The average molecular weight is 286 g/mol. The van der Waals surface area contributed by atoms with Gasteiger partial charge in [0, 0.05) is 38.3 Å². The second kappa shape index (κ2) is 5.40. The second-order valence-corrected chi connectivity index (χ2v) is 5.65. The number of anilines is 1. The van der Waals surface area contributed by atoms with Gasteiger partial charge in [-0.2, -0.15) is 5.10 Å². The first-order valence-electron chi connectivity index (χ1n) is 7.46. The van der Waals surface area contributed by atoms with E-state index in [1.54, 1.807) is 6.20 Å². The quantitative estimate of drug-likeness (QED) is 0.832. The lowest BCUT2D eigenvalue weighted by Gasteiger charge is -2.34. The molecular formula is C14H18N6O. The maximum atomic E-state index is 5.72. The Morgan fingerprint density at radius 2 is 1.95 bits per heavy atom. The van der Waals surface area contributed by atoms with E-state index in [-0.39, 0.29) is 0 Å². The van der Waals surface area contributed by atoms with Crippen LogP contribution in [0, 0.1) is 0 Å². The third kappa shape index (κ3) is 2.87. The molecule has 0 aromatic carbocycles. The van der Waals surface area contributed by atoms with Gasteiger partial charge in [-0.15, -0.1) is 15.3 Å². The van der Waals surface area contributed by atoms with Gasteiger partial charge in [-0.1, -0.05) is 0 Å². The van der Waals surface area contributed by atoms with Crippen LogP contribution < -0.4 is 4.90 Å². The molecule has 1 saturated carbocycles. The molecule has 0 bridgehead atoms. The van der Waals surface area contributed by atoms with Gasteiger partial charge < -0.3 is 9.32 Å². The Morgan fingerprint density at radius 1 is 1.10 bits per heavy atom. The van der Waals surface area contributed by atoms with Crippen molar-refractivity contribution >= 4 is 5.82 Å². The van der Waals surface area contributed by atoms with Gasteiger partial charge in [0.15, 0.2) is 5.82 Å². The summed E-state index contributed by atoms with van der Waals surface area (Å²) < 4.78 is 5.72. The lowest BCUT2D eigenvalue weighted by atomic mass is 10.3. The van der Waals surface area contributed by atoms with E-state index in [1.807, 2.05) is 12.1 Å². The molecule has 0 spiro atoms. The average Bonchev–Trinajstić information content (AvgIpc) is 3.29. The Morgan fingerprint density at radius 3 is 2.67 bits per heavy atom. The molecule has 0 radical (unpaired) electrons. The fraction of sp³-hybridized carbons (Fsp3) is 0.571. The Kier molecular flexibility index (Phi) is 3.27. The lowest BCUT2D eigenvalue weighted by molar-refractivity contribution is 0.223. The van der Waals surface area contributed by atoms with Gasteiger partial charge in [0.2, 0.25) is 11.8 Å². The zero-order valence-corrected chi connectivity index (χ0v) is 11.9. The van der Waals surface area contributed by atoms with Crippen LogP contribution in [-0.2, 0) is 6.54 Å². The summed E-state index contributed by atoms with van der Waals surface area (Å²) in [5.41, 5.74) is 0. The van der Waals surface area contributed by atoms with Gasteiger partial charge in [-0.3, -0.25) is 4.90 Å². The molecule has 0 amide bonds. The highest BCUT2D eigenvalue weighted by atomic mass is 16.4. The molecule has 7 nitrogen and oxygen atoms in total. The minimum absolute atomic E-state index is 0.528. The number of hydrogen-bond acceptors (Lipinski definition) is 7. The van der Waals surface area contributed by atoms with Crippen molar-refractivity contribution in [2.45, 2.75) is 25.3 Å². The molecular weight excluding hydrogens is 268 g/mol. The Bertz CT molecular complexity index is 589. The largest absolute Gasteiger partial charge is 0.424 e. The van der Waals surface area contributed by atoms with Crippen molar-refractivity contribution in [1.29, 1.82) is 0 Å². The van der Waals surface area contributed by atoms with Crippen LogP contribution >= 0.6 is 0 Å². The number of hydrogen-bond donors (Lipinski definition) is 0. The Labute approximate surface area is 123 Å². The van der Waals surface area contributed by atoms with Crippen LogP contribution in [0.1, 0.15) is 30.5 Å². The monoisotopic (exact) mass is 286 g/mol. The molecule has 1 aliphatic carbocycles. The van der Waals surface area contributed by atoms with E-state index in [4.69, 9.17) is 4.42 Å². The van der Waals surface area contributed by atoms with E-state index in [1.165, 1.54) is 12.8 Å². The predicted molar refractivity (Wildman–Crippen MR) is 75.8 cm³/mol. The SMILES string of the molecule is c1cnnc(N2CCN(Cc3nnc(C4CC4)o3)CC2)c1. The minimum Gasteiger partial charge on any atom is -0.424 e. The highest BCUT2D eigenvalue weighted by Crippen LogP contribution is 2.39. The van der Waals surface area contributed by atoms with Crippen LogP contribution in [0.25, 0.3) is 0 Å². The van der Waals surface area contributed by atoms with E-state index in [2.05, 4.69) is 30.2 Å². The molecule has 1 aliphatic heterocycles. The zero-order chi connectivity index (χ0) is 14.1. The molecule has 21 heavy (non-hydrogen) atoms. The lowest BCUT2D eigenvalue weighted by Crippen LogP contribution is -2.46. The van der Waals surface area contributed by atoms with E-state index in [0.29, 0.717) is 5.92 Å². The van der Waals surface area contributed by atoms with Crippen molar-refractivity contribution < 1.29 is 4.42 Å². The van der Waals surface area contributed by atoms with Crippen molar-refractivity contribution in [2.24, 2.45) is 0 Å². The normalized spacial score (nSPS) is 19.9. The van der Waals surface area contributed by atoms with Crippen molar-refractivity contribution in [2.75, 3.05) is 31.1 Å². The summed E-state index contributed by atoms with van der Waals surface area (Å²) in [5.74, 6) is 3.04. The predicted octanol–water partition coefficient (Wildman–Crippen LogP) is 1.06. The van der Waals surface area contributed by atoms with Gasteiger partial charge in [0.05, 0.1) is 6.54 Å². The van der Waals surface area contributed by atoms with Crippen molar-refractivity contribution in [1.82, 2.24) is 25.3 Å². The Balaban J connectivity index is 1.32. The van der Waals surface area contributed by atoms with Crippen molar-refractivity contribution in [3.05, 3.63) is 30.1 Å². The summed E-state index contributed by atoms with van der Waals surface area (Å²) in [5, 5.41) is 16.4. The summed E-state index contributed by atoms with van der Waals surface area (Å²) in [6.45, 7) is 4.58. The summed E-state index contributed by atoms with van der Waals surface area (Å²) in [6, 6.07) is 3.93. The molecule has 1 saturated heterocycles. The number of piperazine rings is 1. The molecule has 2 fully saturated rings. The number of aromatic nitrogens is 4. The number of nitrogens with zero attached hydrogens (tertiary/aromatic N) is 6. The molecule has 2 aliphatic rings. The standard InChI is InChI=1S/C14H18N6O/c1-2-12(16-15-5-1)20-8-6-19(7-9-20)10-13-17-18-14(21-13)11-3-4-11/h1-2,5,11H,3-4,6-10H2. The summed E-state index contributed by atoms with van der Waals surface area (Å²) in [6.07, 6.45) is 4.09. The fourth-order valence-corrected chi connectivity index (χ4v) is 2.61. The zero-order valence-electron chi connectivity index (χ0n) is 11.9. The minimum atomic E-state index is 0.528. The maximum absolute atomic E-state index is 5.72.